The quantitative estimate of drug-likeness (QED) is 0.400. The van der Waals surface area contributed by atoms with E-state index in [1.807, 2.05) is 0 Å². The monoisotopic (exact) mass is 107 g/mol. The Balaban J connectivity index is 3.00. The summed E-state index contributed by atoms with van der Waals surface area (Å²) in [6, 6.07) is 0. The van der Waals surface area contributed by atoms with E-state index in [-0.39, 0.29) is 11.7 Å². The average Bonchev–Trinajstić information content (AvgIpc) is 1.68. The Labute approximate surface area is 43.0 Å². The number of carbonyl (C=O) groups excluding carboxylic acids is 1. The Morgan fingerprint density at radius 1 is 2.33 bits per heavy atom. The number of esters is 1. The van der Waals surface area contributed by atoms with Crippen molar-refractivity contribution in [3.05, 3.63) is 0 Å². The summed E-state index contributed by atoms with van der Waals surface area (Å²) in [7, 11) is 1.30. The number of methoxy groups -OCH3 is 1. The fourth-order valence-corrected chi connectivity index (χ4v) is 0.177. The minimum Gasteiger partial charge on any atom is -0.468 e. The number of ether oxygens (including phenoxy) is 1. The standard InChI is InChI=1S/C3H6O2S/c1-5-3(4)2-6/h6H,2H2,1H3/i/hD. The van der Waals surface area contributed by atoms with Crippen molar-refractivity contribution in [1.29, 1.82) is 1.12 Å². The summed E-state index contributed by atoms with van der Waals surface area (Å²) in [5.74, 6) is -0.226. The number of carbonyl (C=O) groups is 1. The number of rotatable bonds is 2. The first kappa shape index (κ1) is 3.99. The Hall–Kier alpha value is -0.180. The summed E-state index contributed by atoms with van der Waals surface area (Å²) < 4.78 is 10.7. The molecule has 0 rings (SSSR count). The third-order valence-corrected chi connectivity index (χ3v) is 0.581. The first-order valence-corrected chi connectivity index (χ1v) is 2.04. The molecular weight excluding hydrogens is 100 g/mol. The zero-order chi connectivity index (χ0) is 5.70. The van der Waals surface area contributed by atoms with Gasteiger partial charge in [0.15, 0.2) is 0 Å². The van der Waals surface area contributed by atoms with Crippen molar-refractivity contribution in [3.8, 4) is 0 Å². The van der Waals surface area contributed by atoms with E-state index < -0.39 is 0 Å². The van der Waals surface area contributed by atoms with Gasteiger partial charge in [0.05, 0.1) is 12.9 Å². The molecule has 0 bridgehead atoms. The zero-order valence-electron chi connectivity index (χ0n) is 4.43. The van der Waals surface area contributed by atoms with Crippen molar-refractivity contribution in [2.45, 2.75) is 0 Å². The van der Waals surface area contributed by atoms with E-state index in [1.54, 1.807) is 0 Å². The molecule has 0 N–H and O–H groups in total. The lowest BCUT2D eigenvalue weighted by Gasteiger charge is -1.86. The Bertz CT molecular complexity index is 66.0. The molecule has 0 aliphatic carbocycles. The molecule has 0 aliphatic heterocycles. The lowest BCUT2D eigenvalue weighted by Crippen LogP contribution is -1.99. The predicted octanol–water partition coefficient (Wildman–Crippen LogP) is 0.0892. The highest BCUT2D eigenvalue weighted by molar-refractivity contribution is 7.81. The van der Waals surface area contributed by atoms with Gasteiger partial charge in [0.2, 0.25) is 0 Å². The SMILES string of the molecule is [2H]SCC(=O)OC. The second-order valence-corrected chi connectivity index (χ2v) is 1.01. The summed E-state index contributed by atoms with van der Waals surface area (Å²) in [5.41, 5.74) is 0. The van der Waals surface area contributed by atoms with Crippen LogP contribution in [0.4, 0.5) is 0 Å². The first-order valence-electron chi connectivity index (χ1n) is 1.87. The smallest absolute Gasteiger partial charge is 0.315 e. The molecule has 0 heterocycles. The number of hydrogen-bond donors (Lipinski definition) is 1. The molecule has 0 saturated carbocycles. The second kappa shape index (κ2) is 3.03. The van der Waals surface area contributed by atoms with Crippen molar-refractivity contribution < 1.29 is 9.53 Å². The summed E-state index contributed by atoms with van der Waals surface area (Å²) in [6.45, 7) is 0. The maximum atomic E-state index is 10.0. The van der Waals surface area contributed by atoms with Crippen molar-refractivity contribution >= 4 is 18.5 Å². The van der Waals surface area contributed by atoms with Gasteiger partial charge in [-0.25, -0.2) is 0 Å². The normalized spacial score (nSPS) is 9.83. The van der Waals surface area contributed by atoms with Crippen LogP contribution in [0.5, 0.6) is 0 Å². The molecule has 36 valence electrons. The highest BCUT2D eigenvalue weighted by Crippen LogP contribution is 1.74. The molecular formula is C3H6O2S. The van der Waals surface area contributed by atoms with Crippen LogP contribution < -0.4 is 0 Å². The van der Waals surface area contributed by atoms with Gasteiger partial charge in [0, 0.05) is 0 Å². The van der Waals surface area contributed by atoms with Gasteiger partial charge in [0.1, 0.15) is 1.12 Å². The average molecular weight is 107 g/mol. The van der Waals surface area contributed by atoms with E-state index in [2.05, 4.69) is 4.74 Å². The molecule has 0 aromatic rings. The van der Waals surface area contributed by atoms with Crippen LogP contribution in [-0.4, -0.2) is 20.0 Å². The molecule has 0 fully saturated rings. The largest absolute Gasteiger partial charge is 0.468 e. The van der Waals surface area contributed by atoms with Gasteiger partial charge in [-0.05, 0) is 0 Å². The summed E-state index contributed by atoms with van der Waals surface area (Å²) in [4.78, 5) is 10.0. The molecule has 6 heavy (non-hydrogen) atoms. The van der Waals surface area contributed by atoms with Crippen LogP contribution in [0.1, 0.15) is 0 Å². The van der Waals surface area contributed by atoms with Crippen molar-refractivity contribution in [3.63, 3.8) is 0 Å². The maximum absolute atomic E-state index is 10.0. The summed E-state index contributed by atoms with van der Waals surface area (Å²) in [5, 5.41) is 0. The van der Waals surface area contributed by atoms with E-state index in [0.717, 1.165) is 0 Å². The Morgan fingerprint density at radius 3 is 3.17 bits per heavy atom. The van der Waals surface area contributed by atoms with Crippen molar-refractivity contribution in [2.75, 3.05) is 12.9 Å². The van der Waals surface area contributed by atoms with E-state index in [4.69, 9.17) is 1.12 Å². The molecule has 0 atom stereocenters. The highest BCUT2D eigenvalue weighted by atomic mass is 32.1. The van der Waals surface area contributed by atoms with E-state index in [1.165, 1.54) is 7.11 Å². The zero-order valence-corrected chi connectivity index (χ0v) is 4.25. The fraction of sp³-hybridized carbons (Fsp3) is 0.667. The topological polar surface area (TPSA) is 26.3 Å². The second-order valence-electron chi connectivity index (χ2n) is 0.720. The van der Waals surface area contributed by atoms with Gasteiger partial charge >= 0.3 is 5.97 Å². The van der Waals surface area contributed by atoms with Gasteiger partial charge in [-0.2, -0.15) is 12.5 Å². The molecule has 0 aromatic heterocycles. The van der Waals surface area contributed by atoms with E-state index in [9.17, 15) is 4.79 Å². The number of hydrogen-bond acceptors (Lipinski definition) is 3. The fourth-order valence-electron chi connectivity index (χ4n) is 0.0589. The van der Waals surface area contributed by atoms with Gasteiger partial charge in [0.25, 0.3) is 0 Å². The molecule has 3 heteroatoms. The lowest BCUT2D eigenvalue weighted by atomic mass is 10.8. The van der Waals surface area contributed by atoms with Gasteiger partial charge < -0.3 is 4.74 Å². The summed E-state index contributed by atoms with van der Waals surface area (Å²) >= 11 is 0.710. The van der Waals surface area contributed by atoms with Gasteiger partial charge in [-0.3, -0.25) is 4.79 Å². The first-order chi connectivity index (χ1) is 3.31. The Kier molecular flexibility index (Phi) is 2.01. The molecule has 0 radical (unpaired) electrons. The van der Waals surface area contributed by atoms with Gasteiger partial charge in [-0.15, -0.1) is 0 Å². The number of thiol groups is 1. The molecule has 0 aromatic carbocycles. The maximum Gasteiger partial charge on any atom is 0.315 e. The third-order valence-electron chi connectivity index (χ3n) is 0.346. The minimum absolute atomic E-state index is 0.122. The third kappa shape index (κ3) is 2.08. The highest BCUT2D eigenvalue weighted by Gasteiger charge is 1.88. The predicted molar refractivity (Wildman–Crippen MR) is 25.9 cm³/mol. The van der Waals surface area contributed by atoms with Crippen LogP contribution in [0.2, 0.25) is 0 Å². The van der Waals surface area contributed by atoms with Crippen molar-refractivity contribution in [2.24, 2.45) is 0 Å². The van der Waals surface area contributed by atoms with Crippen molar-refractivity contribution in [1.82, 2.24) is 0 Å². The molecule has 2 nitrogen and oxygen atoms in total. The minimum atomic E-state index is -0.347. The van der Waals surface area contributed by atoms with E-state index in [0.29, 0.717) is 12.5 Å². The molecule has 0 spiro atoms. The van der Waals surface area contributed by atoms with Gasteiger partial charge in [-0.1, -0.05) is 0 Å². The van der Waals surface area contributed by atoms with Crippen LogP contribution in [0.15, 0.2) is 0 Å². The van der Waals surface area contributed by atoms with Crippen LogP contribution in [-0.2, 0) is 9.53 Å². The molecule has 0 unspecified atom stereocenters. The summed E-state index contributed by atoms with van der Waals surface area (Å²) in [6.07, 6.45) is 0. The molecule has 0 amide bonds. The molecule has 0 aliphatic rings. The van der Waals surface area contributed by atoms with E-state index >= 15 is 0 Å². The lowest BCUT2D eigenvalue weighted by molar-refractivity contribution is -0.137. The van der Waals surface area contributed by atoms with Crippen LogP contribution in [0.25, 0.3) is 0 Å². The molecule has 0 saturated heterocycles. The van der Waals surface area contributed by atoms with Crippen LogP contribution in [0.3, 0.4) is 0 Å². The van der Waals surface area contributed by atoms with Crippen LogP contribution in [0, 0.1) is 0 Å². The Morgan fingerprint density at radius 2 is 3.00 bits per heavy atom. The van der Waals surface area contributed by atoms with Crippen LogP contribution >= 0.6 is 12.5 Å².